The molecule has 0 heterocycles. The maximum absolute atomic E-state index is 7.76. The van der Waals surface area contributed by atoms with Gasteiger partial charge in [-0.15, -0.1) is 6.58 Å². The molecule has 0 saturated heterocycles. The van der Waals surface area contributed by atoms with Crippen LogP contribution in [0.4, 0.5) is 0 Å². The fraction of sp³-hybridized carbons (Fsp3) is 0.500. The SMILES string of the molecule is C=CCO.CC=C(C)C. The Balaban J connectivity index is 0. The molecule has 0 saturated carbocycles. The van der Waals surface area contributed by atoms with Gasteiger partial charge in [-0.3, -0.25) is 0 Å². The summed E-state index contributed by atoms with van der Waals surface area (Å²) >= 11 is 0. The normalized spacial score (nSPS) is 6.67. The lowest BCUT2D eigenvalue weighted by molar-refractivity contribution is 0.343. The van der Waals surface area contributed by atoms with Crippen molar-refractivity contribution in [3.05, 3.63) is 24.3 Å². The number of hydrogen-bond acceptors (Lipinski definition) is 1. The van der Waals surface area contributed by atoms with Crippen molar-refractivity contribution in [2.45, 2.75) is 20.8 Å². The lowest BCUT2D eigenvalue weighted by Crippen LogP contribution is -1.62. The molecule has 0 unspecified atom stereocenters. The second-order valence-electron chi connectivity index (χ2n) is 1.84. The quantitative estimate of drug-likeness (QED) is 0.536. The molecule has 1 nitrogen and oxygen atoms in total. The number of aliphatic hydroxyl groups is 1. The standard InChI is InChI=1S/C5H10.C3H6O/c1-4-5(2)3;1-2-3-4/h4H,1-3H3;2,4H,1,3H2. The van der Waals surface area contributed by atoms with Gasteiger partial charge in [0.05, 0.1) is 6.61 Å². The molecule has 0 radical (unpaired) electrons. The van der Waals surface area contributed by atoms with Crippen LogP contribution in [0.2, 0.25) is 0 Å². The summed E-state index contributed by atoms with van der Waals surface area (Å²) in [4.78, 5) is 0. The van der Waals surface area contributed by atoms with Crippen LogP contribution in [0.3, 0.4) is 0 Å². The minimum Gasteiger partial charge on any atom is -0.392 e. The summed E-state index contributed by atoms with van der Waals surface area (Å²) in [5.74, 6) is 0. The van der Waals surface area contributed by atoms with Crippen molar-refractivity contribution in [3.63, 3.8) is 0 Å². The van der Waals surface area contributed by atoms with Crippen molar-refractivity contribution in [1.82, 2.24) is 0 Å². The van der Waals surface area contributed by atoms with E-state index < -0.39 is 0 Å². The van der Waals surface area contributed by atoms with E-state index in [-0.39, 0.29) is 6.61 Å². The molecule has 1 N–H and O–H groups in total. The minimum absolute atomic E-state index is 0.0833. The Hall–Kier alpha value is -0.560. The van der Waals surface area contributed by atoms with Gasteiger partial charge >= 0.3 is 0 Å². The predicted molar refractivity (Wildman–Crippen MR) is 42.4 cm³/mol. The highest BCUT2D eigenvalue weighted by Crippen LogP contribution is 1.82. The molecule has 0 rings (SSSR count). The summed E-state index contributed by atoms with van der Waals surface area (Å²) in [5, 5.41) is 7.76. The second kappa shape index (κ2) is 10.4. The van der Waals surface area contributed by atoms with Crippen molar-refractivity contribution in [1.29, 1.82) is 0 Å². The summed E-state index contributed by atoms with van der Waals surface area (Å²) in [6.45, 7) is 9.52. The van der Waals surface area contributed by atoms with E-state index in [0.29, 0.717) is 0 Å². The lowest BCUT2D eigenvalue weighted by Gasteiger charge is -1.74. The molecule has 0 amide bonds. The van der Waals surface area contributed by atoms with Crippen molar-refractivity contribution in [2.24, 2.45) is 0 Å². The van der Waals surface area contributed by atoms with Crippen LogP contribution in [0, 0.1) is 0 Å². The average molecular weight is 128 g/mol. The maximum atomic E-state index is 7.76. The highest BCUT2D eigenvalue weighted by atomic mass is 16.2. The fourth-order valence-electron chi connectivity index (χ4n) is 0. The molecule has 1 heteroatoms. The topological polar surface area (TPSA) is 20.2 Å². The third kappa shape index (κ3) is 37.0. The molecule has 0 spiro atoms. The molecule has 0 fully saturated rings. The molecule has 0 aromatic carbocycles. The highest BCUT2D eigenvalue weighted by molar-refractivity contribution is 4.88. The van der Waals surface area contributed by atoms with E-state index in [1.807, 2.05) is 6.92 Å². The van der Waals surface area contributed by atoms with Crippen molar-refractivity contribution in [3.8, 4) is 0 Å². The Morgan fingerprint density at radius 1 is 1.56 bits per heavy atom. The first-order valence-electron chi connectivity index (χ1n) is 3.00. The van der Waals surface area contributed by atoms with E-state index in [9.17, 15) is 0 Å². The molecule has 0 aromatic rings. The van der Waals surface area contributed by atoms with Crippen LogP contribution >= 0.6 is 0 Å². The van der Waals surface area contributed by atoms with Gasteiger partial charge in [-0.05, 0) is 20.8 Å². The van der Waals surface area contributed by atoms with Crippen LogP contribution in [0.5, 0.6) is 0 Å². The number of aliphatic hydroxyl groups excluding tert-OH is 1. The Kier molecular flexibility index (Phi) is 13.1. The first-order valence-corrected chi connectivity index (χ1v) is 3.00. The molecule has 0 aliphatic carbocycles. The van der Waals surface area contributed by atoms with Gasteiger partial charge < -0.3 is 5.11 Å². The summed E-state index contributed by atoms with van der Waals surface area (Å²) < 4.78 is 0. The van der Waals surface area contributed by atoms with Crippen molar-refractivity contribution in [2.75, 3.05) is 6.61 Å². The molecule has 0 aliphatic heterocycles. The average Bonchev–Trinajstić information content (AvgIpc) is 1.89. The number of rotatable bonds is 1. The molecular weight excluding hydrogens is 112 g/mol. The maximum Gasteiger partial charge on any atom is 0.0609 e. The van der Waals surface area contributed by atoms with Gasteiger partial charge in [0.1, 0.15) is 0 Å². The van der Waals surface area contributed by atoms with E-state index in [0.717, 1.165) is 0 Å². The van der Waals surface area contributed by atoms with Crippen molar-refractivity contribution < 1.29 is 5.11 Å². The van der Waals surface area contributed by atoms with E-state index >= 15 is 0 Å². The Bertz CT molecular complexity index is 78.6. The van der Waals surface area contributed by atoms with E-state index in [2.05, 4.69) is 26.5 Å². The summed E-state index contributed by atoms with van der Waals surface area (Å²) in [6.07, 6.45) is 3.51. The first-order chi connectivity index (χ1) is 4.18. The number of hydrogen-bond donors (Lipinski definition) is 1. The van der Waals surface area contributed by atoms with E-state index in [4.69, 9.17) is 5.11 Å². The van der Waals surface area contributed by atoms with Gasteiger partial charge in [0.25, 0.3) is 0 Å². The highest BCUT2D eigenvalue weighted by Gasteiger charge is 1.60. The van der Waals surface area contributed by atoms with Gasteiger partial charge in [-0.25, -0.2) is 0 Å². The summed E-state index contributed by atoms with van der Waals surface area (Å²) in [5.41, 5.74) is 1.38. The molecule has 9 heavy (non-hydrogen) atoms. The van der Waals surface area contributed by atoms with Crippen LogP contribution in [0.25, 0.3) is 0 Å². The zero-order valence-corrected chi connectivity index (χ0v) is 6.52. The van der Waals surface area contributed by atoms with Gasteiger partial charge in [0.15, 0.2) is 0 Å². The molecule has 0 atom stereocenters. The smallest absolute Gasteiger partial charge is 0.0609 e. The fourth-order valence-corrected chi connectivity index (χ4v) is 0. The van der Waals surface area contributed by atoms with E-state index in [1.165, 1.54) is 11.6 Å². The van der Waals surface area contributed by atoms with Gasteiger partial charge in [-0.1, -0.05) is 17.7 Å². The Morgan fingerprint density at radius 2 is 1.78 bits per heavy atom. The molecule has 54 valence electrons. The monoisotopic (exact) mass is 128 g/mol. The lowest BCUT2D eigenvalue weighted by atomic mass is 10.3. The Morgan fingerprint density at radius 3 is 1.78 bits per heavy atom. The van der Waals surface area contributed by atoms with Crippen LogP contribution in [-0.2, 0) is 0 Å². The van der Waals surface area contributed by atoms with Gasteiger partial charge in [-0.2, -0.15) is 0 Å². The van der Waals surface area contributed by atoms with Crippen molar-refractivity contribution >= 4 is 0 Å². The van der Waals surface area contributed by atoms with Gasteiger partial charge in [0.2, 0.25) is 0 Å². The summed E-state index contributed by atoms with van der Waals surface area (Å²) in [6, 6.07) is 0. The molecular formula is C8H16O. The summed E-state index contributed by atoms with van der Waals surface area (Å²) in [7, 11) is 0. The first kappa shape index (κ1) is 11.3. The largest absolute Gasteiger partial charge is 0.392 e. The minimum atomic E-state index is 0.0833. The Labute approximate surface area is 57.7 Å². The zero-order valence-electron chi connectivity index (χ0n) is 6.52. The van der Waals surface area contributed by atoms with Crippen LogP contribution in [0.15, 0.2) is 24.3 Å². The third-order valence-corrected chi connectivity index (χ3v) is 0.706. The predicted octanol–water partition coefficient (Wildman–Crippen LogP) is 2.14. The third-order valence-electron chi connectivity index (χ3n) is 0.706. The van der Waals surface area contributed by atoms with Crippen LogP contribution in [-0.4, -0.2) is 11.7 Å². The van der Waals surface area contributed by atoms with Crippen LogP contribution in [0.1, 0.15) is 20.8 Å². The number of allylic oxidation sites excluding steroid dienone is 2. The van der Waals surface area contributed by atoms with Gasteiger partial charge in [0, 0.05) is 0 Å². The second-order valence-corrected chi connectivity index (χ2v) is 1.84. The zero-order chi connectivity index (χ0) is 7.70. The molecule has 0 bridgehead atoms. The molecule has 0 aliphatic rings. The van der Waals surface area contributed by atoms with Crippen LogP contribution < -0.4 is 0 Å². The van der Waals surface area contributed by atoms with E-state index in [1.54, 1.807) is 0 Å². The molecule has 0 aromatic heterocycles.